The molecular weight excluding hydrogens is 294 g/mol. The quantitative estimate of drug-likeness (QED) is 0.852. The molecule has 1 aromatic carbocycles. The minimum absolute atomic E-state index is 0.123. The molecule has 1 aliphatic rings. The summed E-state index contributed by atoms with van der Waals surface area (Å²) >= 11 is 5.79. The number of aromatic hydroxyl groups is 1. The van der Waals surface area contributed by atoms with Gasteiger partial charge in [0.2, 0.25) is 17.5 Å². The van der Waals surface area contributed by atoms with Gasteiger partial charge in [-0.25, -0.2) is 4.98 Å². The second-order valence-electron chi connectivity index (χ2n) is 4.59. The van der Waals surface area contributed by atoms with Gasteiger partial charge in [0.05, 0.1) is 5.92 Å². The molecule has 0 amide bonds. The maximum atomic E-state index is 12.4. The standard InChI is InChI=1S/C13H10ClN5O2/c1-6(10(20)7-2-4-8(14)5-3-7)9-13(21)19-12(16-9)11(15)17-18-19/h2-6,15,21H,1H3/t6-/m1/s1. The lowest BCUT2D eigenvalue weighted by molar-refractivity contribution is 0.0963. The number of amidine groups is 1. The van der Waals surface area contributed by atoms with Gasteiger partial charge in [-0.3, -0.25) is 10.2 Å². The van der Waals surface area contributed by atoms with Crippen LogP contribution in [0.2, 0.25) is 5.02 Å². The van der Waals surface area contributed by atoms with Gasteiger partial charge in [0, 0.05) is 10.6 Å². The van der Waals surface area contributed by atoms with Crippen molar-refractivity contribution in [3.8, 4) is 5.88 Å². The Balaban J connectivity index is 1.96. The maximum Gasteiger partial charge on any atom is 0.238 e. The average Bonchev–Trinajstić information content (AvgIpc) is 3.00. The molecule has 7 nitrogen and oxygen atoms in total. The van der Waals surface area contributed by atoms with E-state index >= 15 is 0 Å². The van der Waals surface area contributed by atoms with Crippen molar-refractivity contribution in [1.82, 2.24) is 9.66 Å². The molecule has 3 rings (SSSR count). The summed E-state index contributed by atoms with van der Waals surface area (Å²) in [5.41, 5.74) is 0.643. The van der Waals surface area contributed by atoms with Gasteiger partial charge >= 0.3 is 0 Å². The third-order valence-corrected chi connectivity index (χ3v) is 3.49. The number of nitrogens with one attached hydrogen (secondary N) is 1. The number of hydrogen-bond acceptors (Lipinski definition) is 5. The Labute approximate surface area is 124 Å². The molecule has 2 N–H and O–H groups in total. The van der Waals surface area contributed by atoms with Crippen LogP contribution in [-0.2, 0) is 0 Å². The van der Waals surface area contributed by atoms with Crippen molar-refractivity contribution in [2.45, 2.75) is 12.8 Å². The van der Waals surface area contributed by atoms with Crippen LogP contribution in [0.3, 0.4) is 0 Å². The van der Waals surface area contributed by atoms with Crippen LogP contribution in [0.25, 0.3) is 0 Å². The van der Waals surface area contributed by atoms with Gasteiger partial charge in [0.15, 0.2) is 5.78 Å². The fourth-order valence-corrected chi connectivity index (χ4v) is 2.20. The molecule has 0 saturated carbocycles. The SMILES string of the molecule is C[C@@H](C(=O)c1ccc(Cl)cc1)c1nc2n(c1O)N=NC2=N. The lowest BCUT2D eigenvalue weighted by atomic mass is 9.96. The highest BCUT2D eigenvalue weighted by Crippen LogP contribution is 2.31. The first-order chi connectivity index (χ1) is 9.99. The molecule has 0 aliphatic carbocycles. The molecule has 1 aliphatic heterocycles. The zero-order valence-corrected chi connectivity index (χ0v) is 11.7. The van der Waals surface area contributed by atoms with Gasteiger partial charge in [0.25, 0.3) is 0 Å². The van der Waals surface area contributed by atoms with Crippen molar-refractivity contribution in [3.63, 3.8) is 0 Å². The molecule has 0 radical (unpaired) electrons. The summed E-state index contributed by atoms with van der Waals surface area (Å²) in [4.78, 5) is 16.5. The van der Waals surface area contributed by atoms with E-state index in [1.165, 1.54) is 0 Å². The van der Waals surface area contributed by atoms with Crippen LogP contribution >= 0.6 is 11.6 Å². The molecule has 1 aromatic heterocycles. The van der Waals surface area contributed by atoms with E-state index in [9.17, 15) is 9.90 Å². The third-order valence-electron chi connectivity index (χ3n) is 3.23. The van der Waals surface area contributed by atoms with Crippen molar-refractivity contribution < 1.29 is 9.90 Å². The minimum atomic E-state index is -0.674. The Bertz CT molecular complexity index is 779. The normalized spacial score (nSPS) is 14.3. The zero-order chi connectivity index (χ0) is 15.1. The van der Waals surface area contributed by atoms with E-state index in [0.717, 1.165) is 4.68 Å². The topological polar surface area (TPSA) is 104 Å². The van der Waals surface area contributed by atoms with Crippen molar-refractivity contribution in [2.75, 3.05) is 0 Å². The molecule has 0 unspecified atom stereocenters. The number of ketones is 1. The van der Waals surface area contributed by atoms with Crippen molar-refractivity contribution in [2.24, 2.45) is 10.3 Å². The number of carbonyl (C=O) groups is 1. The van der Waals surface area contributed by atoms with Gasteiger partial charge in [-0.15, -0.1) is 5.11 Å². The number of fused-ring (bicyclic) bond motifs is 1. The molecule has 1 atom stereocenters. The smallest absolute Gasteiger partial charge is 0.238 e. The van der Waals surface area contributed by atoms with Gasteiger partial charge in [-0.2, -0.15) is 4.68 Å². The molecular formula is C13H10ClN5O2. The van der Waals surface area contributed by atoms with E-state index in [4.69, 9.17) is 17.0 Å². The number of benzene rings is 1. The van der Waals surface area contributed by atoms with Crippen molar-refractivity contribution in [3.05, 3.63) is 46.4 Å². The van der Waals surface area contributed by atoms with Gasteiger partial charge in [0.1, 0.15) is 5.69 Å². The van der Waals surface area contributed by atoms with E-state index in [1.54, 1.807) is 31.2 Å². The Kier molecular flexibility index (Phi) is 3.06. The second kappa shape index (κ2) is 4.78. The lowest BCUT2D eigenvalue weighted by Crippen LogP contribution is -2.10. The van der Waals surface area contributed by atoms with E-state index in [0.29, 0.717) is 10.6 Å². The second-order valence-corrected chi connectivity index (χ2v) is 5.02. The third kappa shape index (κ3) is 2.11. The van der Waals surface area contributed by atoms with Crippen LogP contribution in [0.5, 0.6) is 5.88 Å². The van der Waals surface area contributed by atoms with Gasteiger partial charge in [-0.05, 0) is 31.2 Å². The lowest BCUT2D eigenvalue weighted by Gasteiger charge is -2.08. The van der Waals surface area contributed by atoms with Gasteiger partial charge in [-0.1, -0.05) is 16.8 Å². The fourth-order valence-electron chi connectivity index (χ4n) is 2.07. The average molecular weight is 304 g/mol. The summed E-state index contributed by atoms with van der Waals surface area (Å²) in [7, 11) is 0. The molecule has 2 heterocycles. The molecule has 0 spiro atoms. The Hall–Kier alpha value is -2.54. The maximum absolute atomic E-state index is 12.4. The van der Waals surface area contributed by atoms with Crippen molar-refractivity contribution in [1.29, 1.82) is 5.41 Å². The van der Waals surface area contributed by atoms with Crippen LogP contribution < -0.4 is 0 Å². The van der Waals surface area contributed by atoms with E-state index < -0.39 is 5.92 Å². The van der Waals surface area contributed by atoms with E-state index in [1.807, 2.05) is 0 Å². The molecule has 0 bridgehead atoms. The number of imidazole rings is 1. The van der Waals surface area contributed by atoms with Crippen LogP contribution in [0.15, 0.2) is 34.6 Å². The molecule has 106 valence electrons. The number of carbonyl (C=O) groups excluding carboxylic acids is 1. The fraction of sp³-hybridized carbons (Fsp3) is 0.154. The highest BCUT2D eigenvalue weighted by atomic mass is 35.5. The molecule has 0 saturated heterocycles. The number of aromatic nitrogens is 2. The Morgan fingerprint density at radius 3 is 2.67 bits per heavy atom. The minimum Gasteiger partial charge on any atom is -0.492 e. The predicted molar refractivity (Wildman–Crippen MR) is 75.2 cm³/mol. The summed E-state index contributed by atoms with van der Waals surface area (Å²) in [5, 5.41) is 25.2. The largest absolute Gasteiger partial charge is 0.492 e. The number of halogens is 1. The first-order valence-corrected chi connectivity index (χ1v) is 6.49. The molecule has 2 aromatic rings. The van der Waals surface area contributed by atoms with E-state index in [-0.39, 0.29) is 29.0 Å². The van der Waals surface area contributed by atoms with Crippen LogP contribution in [0.1, 0.15) is 34.7 Å². The monoisotopic (exact) mass is 303 g/mol. The van der Waals surface area contributed by atoms with Gasteiger partial charge < -0.3 is 5.11 Å². The Morgan fingerprint density at radius 1 is 1.38 bits per heavy atom. The van der Waals surface area contributed by atoms with Crippen molar-refractivity contribution >= 4 is 23.2 Å². The highest BCUT2D eigenvalue weighted by Gasteiger charge is 2.30. The first-order valence-electron chi connectivity index (χ1n) is 6.11. The van der Waals surface area contributed by atoms with Crippen LogP contribution in [0.4, 0.5) is 0 Å². The summed E-state index contributed by atoms with van der Waals surface area (Å²) in [6.07, 6.45) is 0. The zero-order valence-electron chi connectivity index (χ0n) is 10.9. The van der Waals surface area contributed by atoms with Crippen LogP contribution in [-0.4, -0.2) is 26.4 Å². The number of rotatable bonds is 3. The predicted octanol–water partition coefficient (Wildman–Crippen LogP) is 2.78. The summed E-state index contributed by atoms with van der Waals surface area (Å²) in [6, 6.07) is 6.48. The first kappa shape index (κ1) is 13.4. The number of hydrogen-bond donors (Lipinski definition) is 2. The highest BCUT2D eigenvalue weighted by molar-refractivity contribution is 6.30. The Morgan fingerprint density at radius 2 is 2.05 bits per heavy atom. The summed E-state index contributed by atoms with van der Waals surface area (Å²) in [6.45, 7) is 1.63. The molecule has 0 fully saturated rings. The molecule has 8 heteroatoms. The van der Waals surface area contributed by atoms with E-state index in [2.05, 4.69) is 15.3 Å². The number of nitrogens with zero attached hydrogens (tertiary/aromatic N) is 4. The number of Topliss-reactive ketones (excluding diaryl/α,β-unsaturated/α-hetero) is 1. The van der Waals surface area contributed by atoms with Crippen LogP contribution in [0, 0.1) is 5.41 Å². The summed E-state index contributed by atoms with van der Waals surface area (Å²) < 4.78 is 1.04. The summed E-state index contributed by atoms with van der Waals surface area (Å²) in [5.74, 6) is -1.18. The molecule has 21 heavy (non-hydrogen) atoms.